The Hall–Kier alpha value is -1.64. The van der Waals surface area contributed by atoms with Crippen molar-refractivity contribution in [2.75, 3.05) is 0 Å². The molecule has 0 bridgehead atoms. The largest absolute Gasteiger partial charge is 0.315 e. The fourth-order valence-corrected chi connectivity index (χ4v) is 1.94. The Morgan fingerprint density at radius 2 is 1.61 bits per heavy atom. The summed E-state index contributed by atoms with van der Waals surface area (Å²) < 4.78 is 0. The summed E-state index contributed by atoms with van der Waals surface area (Å²) in [5.41, 5.74) is 6.50. The number of rotatable bonds is 3. The minimum atomic E-state index is -1.03. The topological polar surface area (TPSA) is 43.1 Å². The molecule has 92 valence electrons. The first-order valence-electron chi connectivity index (χ1n) is 5.66. The summed E-state index contributed by atoms with van der Waals surface area (Å²) >= 11 is 5.81. The van der Waals surface area contributed by atoms with Crippen LogP contribution in [0.25, 0.3) is 0 Å². The minimum Gasteiger partial charge on any atom is -0.315 e. The zero-order chi connectivity index (χ0) is 13.2. The van der Waals surface area contributed by atoms with Crippen molar-refractivity contribution in [2.24, 2.45) is 5.73 Å². The Kier molecular flexibility index (Phi) is 3.50. The van der Waals surface area contributed by atoms with Crippen LogP contribution in [0.2, 0.25) is 5.02 Å². The molecule has 1 atom stereocenters. The highest BCUT2D eigenvalue weighted by atomic mass is 35.5. The molecule has 0 fully saturated rings. The van der Waals surface area contributed by atoms with Gasteiger partial charge in [0, 0.05) is 10.6 Å². The molecular weight excluding hydrogens is 246 g/mol. The number of halogens is 1. The molecule has 0 aliphatic rings. The molecule has 0 aliphatic heterocycles. The van der Waals surface area contributed by atoms with E-state index in [1.165, 1.54) is 0 Å². The Bertz CT molecular complexity index is 546. The van der Waals surface area contributed by atoms with Gasteiger partial charge in [0.1, 0.15) is 5.54 Å². The lowest BCUT2D eigenvalue weighted by atomic mass is 9.85. The predicted molar refractivity (Wildman–Crippen MR) is 73.8 cm³/mol. The summed E-state index contributed by atoms with van der Waals surface area (Å²) in [5.74, 6) is -0.120. The Morgan fingerprint density at radius 3 is 2.17 bits per heavy atom. The van der Waals surface area contributed by atoms with E-state index in [4.69, 9.17) is 17.3 Å². The number of benzene rings is 2. The van der Waals surface area contributed by atoms with Gasteiger partial charge in [0.2, 0.25) is 0 Å². The summed E-state index contributed by atoms with van der Waals surface area (Å²) in [6.07, 6.45) is 0. The average molecular weight is 260 g/mol. The Labute approximate surface area is 111 Å². The smallest absolute Gasteiger partial charge is 0.186 e. The van der Waals surface area contributed by atoms with Gasteiger partial charge in [0.25, 0.3) is 0 Å². The minimum absolute atomic E-state index is 0.120. The predicted octanol–water partition coefficient (Wildman–Crippen LogP) is 3.40. The van der Waals surface area contributed by atoms with Crippen LogP contribution in [0.1, 0.15) is 22.8 Å². The van der Waals surface area contributed by atoms with Gasteiger partial charge >= 0.3 is 0 Å². The molecule has 2 aromatic carbocycles. The summed E-state index contributed by atoms with van der Waals surface area (Å²) in [6.45, 7) is 1.72. The van der Waals surface area contributed by atoms with Crippen LogP contribution >= 0.6 is 11.6 Å². The molecule has 0 saturated carbocycles. The molecule has 18 heavy (non-hydrogen) atoms. The van der Waals surface area contributed by atoms with Crippen LogP contribution in [-0.2, 0) is 5.54 Å². The molecule has 2 rings (SSSR count). The lowest BCUT2D eigenvalue weighted by molar-refractivity contribution is 0.0900. The van der Waals surface area contributed by atoms with Gasteiger partial charge in [-0.25, -0.2) is 0 Å². The molecule has 2 N–H and O–H groups in total. The van der Waals surface area contributed by atoms with Gasteiger partial charge < -0.3 is 5.73 Å². The number of nitrogens with two attached hydrogens (primary N) is 1. The third-order valence-corrected chi connectivity index (χ3v) is 3.20. The van der Waals surface area contributed by atoms with Crippen molar-refractivity contribution in [3.63, 3.8) is 0 Å². The molecule has 3 heteroatoms. The molecule has 0 aliphatic carbocycles. The molecule has 0 saturated heterocycles. The fraction of sp³-hybridized carbons (Fsp3) is 0.133. The van der Waals surface area contributed by atoms with Crippen LogP contribution in [-0.4, -0.2) is 5.78 Å². The van der Waals surface area contributed by atoms with Crippen LogP contribution in [0.5, 0.6) is 0 Å². The van der Waals surface area contributed by atoms with Crippen molar-refractivity contribution in [2.45, 2.75) is 12.5 Å². The Morgan fingerprint density at radius 1 is 1.06 bits per heavy atom. The molecule has 1 unspecified atom stereocenters. The second-order valence-corrected chi connectivity index (χ2v) is 4.84. The number of hydrogen-bond donors (Lipinski definition) is 1. The van der Waals surface area contributed by atoms with Crippen LogP contribution in [0.15, 0.2) is 54.6 Å². The van der Waals surface area contributed by atoms with Crippen molar-refractivity contribution in [3.05, 3.63) is 70.7 Å². The third kappa shape index (κ3) is 2.45. The maximum atomic E-state index is 12.4. The van der Waals surface area contributed by atoms with Gasteiger partial charge in [-0.05, 0) is 36.8 Å². The van der Waals surface area contributed by atoms with E-state index >= 15 is 0 Å². The zero-order valence-electron chi connectivity index (χ0n) is 10.1. The summed E-state index contributed by atoms with van der Waals surface area (Å²) in [4.78, 5) is 12.4. The third-order valence-electron chi connectivity index (χ3n) is 2.95. The van der Waals surface area contributed by atoms with E-state index in [2.05, 4.69) is 0 Å². The average Bonchev–Trinajstić information content (AvgIpc) is 2.40. The lowest BCUT2D eigenvalue weighted by Crippen LogP contribution is -2.41. The standard InChI is InChI=1S/C15H14ClNO/c1-15(17,12-5-3-2-4-6-12)14(18)11-7-9-13(16)10-8-11/h2-10H,17H2,1H3. The van der Waals surface area contributed by atoms with E-state index in [-0.39, 0.29) is 5.78 Å². The molecule has 2 nitrogen and oxygen atoms in total. The highest BCUT2D eigenvalue weighted by Crippen LogP contribution is 2.23. The molecular formula is C15H14ClNO. The van der Waals surface area contributed by atoms with Gasteiger partial charge in [-0.15, -0.1) is 0 Å². The first-order valence-corrected chi connectivity index (χ1v) is 6.04. The quantitative estimate of drug-likeness (QED) is 0.859. The summed E-state index contributed by atoms with van der Waals surface area (Å²) in [5, 5.41) is 0.602. The van der Waals surface area contributed by atoms with Crippen molar-refractivity contribution >= 4 is 17.4 Å². The monoisotopic (exact) mass is 259 g/mol. The van der Waals surface area contributed by atoms with E-state index in [1.54, 1.807) is 31.2 Å². The van der Waals surface area contributed by atoms with E-state index < -0.39 is 5.54 Å². The first kappa shape index (κ1) is 12.8. The molecule has 2 aromatic rings. The molecule has 0 radical (unpaired) electrons. The molecule has 0 aromatic heterocycles. The number of Topliss-reactive ketones (excluding diaryl/α,β-unsaturated/α-hetero) is 1. The maximum Gasteiger partial charge on any atom is 0.186 e. The lowest BCUT2D eigenvalue weighted by Gasteiger charge is -2.23. The van der Waals surface area contributed by atoms with Crippen molar-refractivity contribution in [3.8, 4) is 0 Å². The summed E-state index contributed by atoms with van der Waals surface area (Å²) in [7, 11) is 0. The van der Waals surface area contributed by atoms with Gasteiger partial charge in [-0.1, -0.05) is 41.9 Å². The second kappa shape index (κ2) is 4.92. The van der Waals surface area contributed by atoms with E-state index in [0.29, 0.717) is 10.6 Å². The van der Waals surface area contributed by atoms with E-state index in [0.717, 1.165) is 5.56 Å². The van der Waals surface area contributed by atoms with Gasteiger partial charge in [0.05, 0.1) is 0 Å². The molecule has 0 spiro atoms. The van der Waals surface area contributed by atoms with Crippen LogP contribution in [0.3, 0.4) is 0 Å². The number of ketones is 1. The Balaban J connectivity index is 2.36. The molecule has 0 amide bonds. The van der Waals surface area contributed by atoms with Crippen molar-refractivity contribution < 1.29 is 4.79 Å². The highest BCUT2D eigenvalue weighted by Gasteiger charge is 2.30. The maximum absolute atomic E-state index is 12.4. The van der Waals surface area contributed by atoms with Crippen molar-refractivity contribution in [1.29, 1.82) is 0 Å². The summed E-state index contributed by atoms with van der Waals surface area (Å²) in [6, 6.07) is 16.1. The van der Waals surface area contributed by atoms with Gasteiger partial charge in [-0.3, -0.25) is 4.79 Å². The van der Waals surface area contributed by atoms with Crippen LogP contribution in [0, 0.1) is 0 Å². The number of hydrogen-bond acceptors (Lipinski definition) is 2. The fourth-order valence-electron chi connectivity index (χ4n) is 1.82. The van der Waals surface area contributed by atoms with E-state index in [1.807, 2.05) is 30.3 Å². The zero-order valence-corrected chi connectivity index (χ0v) is 10.8. The van der Waals surface area contributed by atoms with Gasteiger partial charge in [-0.2, -0.15) is 0 Å². The highest BCUT2D eigenvalue weighted by molar-refractivity contribution is 6.30. The van der Waals surface area contributed by atoms with Crippen LogP contribution in [0.4, 0.5) is 0 Å². The van der Waals surface area contributed by atoms with Gasteiger partial charge in [0.15, 0.2) is 5.78 Å². The normalized spacial score (nSPS) is 13.9. The van der Waals surface area contributed by atoms with Crippen molar-refractivity contribution in [1.82, 2.24) is 0 Å². The molecule has 0 heterocycles. The van der Waals surface area contributed by atoms with Crippen LogP contribution < -0.4 is 5.73 Å². The number of carbonyl (C=O) groups is 1. The first-order chi connectivity index (χ1) is 8.51. The SMILES string of the molecule is CC(N)(C(=O)c1ccc(Cl)cc1)c1ccccc1. The second-order valence-electron chi connectivity index (χ2n) is 4.40. The van der Waals surface area contributed by atoms with E-state index in [9.17, 15) is 4.79 Å². The number of carbonyl (C=O) groups excluding carboxylic acids is 1.